The molecule has 20 heavy (non-hydrogen) atoms. The van der Waals surface area contributed by atoms with Crippen LogP contribution in [0.25, 0.3) is 11.0 Å². The van der Waals surface area contributed by atoms with Gasteiger partial charge in [-0.2, -0.15) is 0 Å². The van der Waals surface area contributed by atoms with Gasteiger partial charge in [-0.3, -0.25) is 0 Å². The van der Waals surface area contributed by atoms with Crippen LogP contribution in [-0.2, 0) is 13.0 Å². The Morgan fingerprint density at radius 1 is 1.35 bits per heavy atom. The second-order valence-corrected chi connectivity index (χ2v) is 5.39. The second kappa shape index (κ2) is 6.75. The van der Waals surface area contributed by atoms with E-state index in [1.807, 2.05) is 12.1 Å². The molecule has 0 unspecified atom stereocenters. The molecule has 0 aliphatic rings. The molecule has 110 valence electrons. The molecule has 0 bridgehead atoms. The van der Waals surface area contributed by atoms with E-state index < -0.39 is 0 Å². The SMILES string of the molecule is CCCn1c(CCNC(C)C)nc2cc(OC)ccc21. The van der Waals surface area contributed by atoms with E-state index in [9.17, 15) is 0 Å². The van der Waals surface area contributed by atoms with Gasteiger partial charge in [0.1, 0.15) is 11.6 Å². The van der Waals surface area contributed by atoms with Gasteiger partial charge in [0.05, 0.1) is 18.1 Å². The number of hydrogen-bond donors (Lipinski definition) is 1. The average molecular weight is 275 g/mol. The van der Waals surface area contributed by atoms with E-state index in [0.717, 1.165) is 43.0 Å². The van der Waals surface area contributed by atoms with Crippen molar-refractivity contribution in [2.24, 2.45) is 0 Å². The van der Waals surface area contributed by atoms with E-state index in [2.05, 4.69) is 36.7 Å². The van der Waals surface area contributed by atoms with Gasteiger partial charge in [0.2, 0.25) is 0 Å². The fourth-order valence-corrected chi connectivity index (χ4v) is 2.42. The van der Waals surface area contributed by atoms with Crippen LogP contribution in [0.4, 0.5) is 0 Å². The zero-order valence-corrected chi connectivity index (χ0v) is 12.9. The highest BCUT2D eigenvalue weighted by atomic mass is 16.5. The van der Waals surface area contributed by atoms with Crippen LogP contribution in [0.5, 0.6) is 5.75 Å². The van der Waals surface area contributed by atoms with Crippen LogP contribution in [0, 0.1) is 0 Å². The van der Waals surface area contributed by atoms with Crippen molar-refractivity contribution in [2.45, 2.75) is 46.2 Å². The third-order valence-corrected chi connectivity index (χ3v) is 3.38. The molecule has 0 aliphatic heterocycles. The summed E-state index contributed by atoms with van der Waals surface area (Å²) < 4.78 is 7.61. The molecule has 1 heterocycles. The molecular weight excluding hydrogens is 250 g/mol. The lowest BCUT2D eigenvalue weighted by molar-refractivity contribution is 0.415. The molecule has 1 N–H and O–H groups in total. The molecule has 0 saturated carbocycles. The zero-order valence-electron chi connectivity index (χ0n) is 12.9. The van der Waals surface area contributed by atoms with Gasteiger partial charge < -0.3 is 14.6 Å². The number of benzene rings is 1. The van der Waals surface area contributed by atoms with Crippen LogP contribution in [-0.4, -0.2) is 29.2 Å². The zero-order chi connectivity index (χ0) is 14.5. The molecule has 0 atom stereocenters. The van der Waals surface area contributed by atoms with Crippen molar-refractivity contribution < 1.29 is 4.74 Å². The maximum atomic E-state index is 5.28. The van der Waals surface area contributed by atoms with Gasteiger partial charge in [-0.05, 0) is 18.6 Å². The van der Waals surface area contributed by atoms with Crippen LogP contribution in [0.2, 0.25) is 0 Å². The van der Waals surface area contributed by atoms with Gasteiger partial charge >= 0.3 is 0 Å². The minimum absolute atomic E-state index is 0.513. The first-order chi connectivity index (χ1) is 9.65. The Morgan fingerprint density at radius 2 is 2.15 bits per heavy atom. The third kappa shape index (κ3) is 3.31. The highest BCUT2D eigenvalue weighted by molar-refractivity contribution is 5.77. The number of nitrogens with zero attached hydrogens (tertiary/aromatic N) is 2. The van der Waals surface area contributed by atoms with Crippen molar-refractivity contribution in [3.8, 4) is 5.75 Å². The van der Waals surface area contributed by atoms with Gasteiger partial charge in [-0.1, -0.05) is 20.8 Å². The highest BCUT2D eigenvalue weighted by Gasteiger charge is 2.10. The topological polar surface area (TPSA) is 39.1 Å². The Hall–Kier alpha value is -1.55. The molecular formula is C16H25N3O. The molecule has 0 saturated heterocycles. The summed E-state index contributed by atoms with van der Waals surface area (Å²) in [4.78, 5) is 4.78. The fourth-order valence-electron chi connectivity index (χ4n) is 2.42. The largest absolute Gasteiger partial charge is 0.497 e. The van der Waals surface area contributed by atoms with Gasteiger partial charge in [0.15, 0.2) is 0 Å². The van der Waals surface area contributed by atoms with E-state index in [-0.39, 0.29) is 0 Å². The van der Waals surface area contributed by atoms with Gasteiger partial charge in [-0.15, -0.1) is 0 Å². The highest BCUT2D eigenvalue weighted by Crippen LogP contribution is 2.22. The predicted octanol–water partition coefficient (Wildman–Crippen LogP) is 3.00. The van der Waals surface area contributed by atoms with E-state index in [0.29, 0.717) is 6.04 Å². The number of fused-ring (bicyclic) bond motifs is 1. The first-order valence-corrected chi connectivity index (χ1v) is 7.42. The number of hydrogen-bond acceptors (Lipinski definition) is 3. The lowest BCUT2D eigenvalue weighted by Gasteiger charge is -2.10. The number of methoxy groups -OCH3 is 1. The van der Waals surface area contributed by atoms with E-state index in [4.69, 9.17) is 9.72 Å². The van der Waals surface area contributed by atoms with E-state index in [1.54, 1.807) is 7.11 Å². The molecule has 1 aromatic carbocycles. The Kier molecular flexibility index (Phi) is 5.01. The quantitative estimate of drug-likeness (QED) is 0.844. The van der Waals surface area contributed by atoms with Gasteiger partial charge in [0.25, 0.3) is 0 Å². The summed E-state index contributed by atoms with van der Waals surface area (Å²) >= 11 is 0. The Bertz CT molecular complexity index is 560. The van der Waals surface area contributed by atoms with Crippen LogP contribution >= 0.6 is 0 Å². The van der Waals surface area contributed by atoms with Crippen LogP contribution < -0.4 is 10.1 Å². The minimum atomic E-state index is 0.513. The Morgan fingerprint density at radius 3 is 2.80 bits per heavy atom. The molecule has 2 aromatic rings. The lowest BCUT2D eigenvalue weighted by atomic mass is 10.3. The minimum Gasteiger partial charge on any atom is -0.497 e. The van der Waals surface area contributed by atoms with Crippen molar-refractivity contribution in [3.63, 3.8) is 0 Å². The van der Waals surface area contributed by atoms with Crippen molar-refractivity contribution in [2.75, 3.05) is 13.7 Å². The maximum absolute atomic E-state index is 5.28. The summed E-state index contributed by atoms with van der Waals surface area (Å²) in [5.74, 6) is 2.02. The lowest BCUT2D eigenvalue weighted by Crippen LogP contribution is -2.25. The summed E-state index contributed by atoms with van der Waals surface area (Å²) in [6.45, 7) is 8.51. The molecule has 1 aromatic heterocycles. The number of ether oxygens (including phenoxy) is 1. The molecule has 0 fully saturated rings. The number of rotatable bonds is 7. The molecule has 0 spiro atoms. The molecule has 0 radical (unpaired) electrons. The summed E-state index contributed by atoms with van der Waals surface area (Å²) in [5.41, 5.74) is 2.23. The van der Waals surface area contributed by atoms with Gasteiger partial charge in [-0.25, -0.2) is 4.98 Å². The number of aromatic nitrogens is 2. The Labute approximate surface area is 121 Å². The summed E-state index contributed by atoms with van der Waals surface area (Å²) in [7, 11) is 1.69. The van der Waals surface area contributed by atoms with Crippen LogP contribution in [0.3, 0.4) is 0 Å². The van der Waals surface area contributed by atoms with Crippen LogP contribution in [0.15, 0.2) is 18.2 Å². The van der Waals surface area contributed by atoms with Crippen LogP contribution in [0.1, 0.15) is 33.0 Å². The number of nitrogens with one attached hydrogen (secondary N) is 1. The first kappa shape index (κ1) is 14.9. The fraction of sp³-hybridized carbons (Fsp3) is 0.562. The Balaban J connectivity index is 2.29. The number of imidazole rings is 1. The molecule has 4 nitrogen and oxygen atoms in total. The standard InChI is InChI=1S/C16H25N3O/c1-5-10-19-15-7-6-13(20-4)11-14(15)18-16(19)8-9-17-12(2)3/h6-7,11-12,17H,5,8-10H2,1-4H3. The monoisotopic (exact) mass is 275 g/mol. The third-order valence-electron chi connectivity index (χ3n) is 3.38. The second-order valence-electron chi connectivity index (χ2n) is 5.39. The van der Waals surface area contributed by atoms with Crippen molar-refractivity contribution in [3.05, 3.63) is 24.0 Å². The van der Waals surface area contributed by atoms with E-state index in [1.165, 1.54) is 5.52 Å². The predicted molar refractivity (Wildman–Crippen MR) is 83.4 cm³/mol. The summed E-state index contributed by atoms with van der Waals surface area (Å²) in [5, 5.41) is 3.45. The summed E-state index contributed by atoms with van der Waals surface area (Å²) in [6, 6.07) is 6.64. The van der Waals surface area contributed by atoms with Crippen molar-refractivity contribution >= 4 is 11.0 Å². The summed E-state index contributed by atoms with van der Waals surface area (Å²) in [6.07, 6.45) is 2.07. The number of aryl methyl sites for hydroxylation is 1. The molecule has 0 amide bonds. The molecule has 2 rings (SSSR count). The normalized spacial score (nSPS) is 11.4. The van der Waals surface area contributed by atoms with Crippen molar-refractivity contribution in [1.82, 2.24) is 14.9 Å². The van der Waals surface area contributed by atoms with E-state index >= 15 is 0 Å². The molecule has 4 heteroatoms. The smallest absolute Gasteiger partial charge is 0.121 e. The van der Waals surface area contributed by atoms with Crippen molar-refractivity contribution in [1.29, 1.82) is 0 Å². The molecule has 0 aliphatic carbocycles. The van der Waals surface area contributed by atoms with Gasteiger partial charge in [0, 0.05) is 31.6 Å². The maximum Gasteiger partial charge on any atom is 0.121 e. The average Bonchev–Trinajstić information content (AvgIpc) is 2.76. The first-order valence-electron chi connectivity index (χ1n) is 7.42.